The molecule has 2 aliphatic heterocycles. The molecule has 1 N–H and O–H groups in total. The number of imide groups is 1. The van der Waals surface area contributed by atoms with Gasteiger partial charge >= 0.3 is 4.87 Å². The van der Waals surface area contributed by atoms with Gasteiger partial charge in [0.1, 0.15) is 11.0 Å². The summed E-state index contributed by atoms with van der Waals surface area (Å²) in [6.07, 6.45) is 1.54. The van der Waals surface area contributed by atoms with Crippen molar-refractivity contribution in [3.05, 3.63) is 67.4 Å². The second-order valence-corrected chi connectivity index (χ2v) is 9.34. The van der Waals surface area contributed by atoms with Gasteiger partial charge in [0.15, 0.2) is 0 Å². The highest BCUT2D eigenvalue weighted by Crippen LogP contribution is 2.53. The van der Waals surface area contributed by atoms with Crippen molar-refractivity contribution in [2.75, 3.05) is 4.90 Å². The lowest BCUT2D eigenvalue weighted by Gasteiger charge is -2.27. The zero-order valence-electron chi connectivity index (χ0n) is 13.5. The summed E-state index contributed by atoms with van der Waals surface area (Å²) in [5.41, 5.74) is 0.540. The van der Waals surface area contributed by atoms with E-state index in [1.807, 2.05) is 0 Å². The van der Waals surface area contributed by atoms with Crippen molar-refractivity contribution in [1.82, 2.24) is 4.98 Å². The molecule has 0 unspecified atom stereocenters. The van der Waals surface area contributed by atoms with Crippen molar-refractivity contribution in [2.24, 2.45) is 5.92 Å². The standard InChI is InChI=1S/C18H11BrN2O4S2/c19-8-3-5-9(6-4-8)21-16(22)12-11(10-2-1-7-25-10)13-15(20-18(24)27-13)26-14(12)17(21)23/h1-7,11-12,14H,(H,20,24)/t11-,12-,14+/m0/s1. The van der Waals surface area contributed by atoms with Crippen LogP contribution >= 0.6 is 39.0 Å². The fourth-order valence-electron chi connectivity index (χ4n) is 3.64. The molecule has 3 atom stereocenters. The number of nitrogens with one attached hydrogen (secondary N) is 1. The molecule has 0 spiro atoms. The van der Waals surface area contributed by atoms with Gasteiger partial charge < -0.3 is 9.40 Å². The van der Waals surface area contributed by atoms with Crippen LogP contribution in [0.1, 0.15) is 16.6 Å². The van der Waals surface area contributed by atoms with Crippen LogP contribution in [0.15, 0.2) is 61.4 Å². The minimum absolute atomic E-state index is 0.200. The van der Waals surface area contributed by atoms with Gasteiger partial charge in [-0.25, -0.2) is 4.90 Å². The molecule has 0 aliphatic carbocycles. The molecule has 3 aromatic rings. The molecule has 27 heavy (non-hydrogen) atoms. The van der Waals surface area contributed by atoms with Gasteiger partial charge in [-0.3, -0.25) is 14.4 Å². The molecule has 1 fully saturated rings. The second kappa shape index (κ2) is 6.22. The van der Waals surface area contributed by atoms with Gasteiger partial charge in [0.05, 0.1) is 33.7 Å². The Kier molecular flexibility index (Phi) is 3.92. The highest BCUT2D eigenvalue weighted by molar-refractivity contribution is 9.10. The fourth-order valence-corrected chi connectivity index (χ4v) is 6.40. The normalized spacial score (nSPS) is 24.2. The molecule has 9 heteroatoms. The predicted molar refractivity (Wildman–Crippen MR) is 105 cm³/mol. The topological polar surface area (TPSA) is 83.4 Å². The van der Waals surface area contributed by atoms with Gasteiger partial charge in [-0.05, 0) is 36.4 Å². The van der Waals surface area contributed by atoms with E-state index >= 15 is 0 Å². The maximum Gasteiger partial charge on any atom is 0.305 e. The second-order valence-electron chi connectivity index (χ2n) is 6.25. The summed E-state index contributed by atoms with van der Waals surface area (Å²) in [6, 6.07) is 10.6. The molecular weight excluding hydrogens is 452 g/mol. The van der Waals surface area contributed by atoms with Crippen molar-refractivity contribution in [2.45, 2.75) is 16.2 Å². The van der Waals surface area contributed by atoms with Crippen molar-refractivity contribution >= 4 is 56.5 Å². The van der Waals surface area contributed by atoms with Crippen molar-refractivity contribution in [3.63, 3.8) is 0 Å². The van der Waals surface area contributed by atoms with Crippen LogP contribution in [0.3, 0.4) is 0 Å². The molecule has 5 rings (SSSR count). The Morgan fingerprint density at radius 1 is 1.07 bits per heavy atom. The first-order chi connectivity index (χ1) is 13.0. The number of anilines is 1. The lowest BCUT2D eigenvalue weighted by Crippen LogP contribution is -2.32. The van der Waals surface area contributed by atoms with E-state index in [0.717, 1.165) is 20.7 Å². The SMILES string of the molecule is O=C1[C@H]2[C@H](c3ccco3)c3sc(=O)[nH]c3S[C@H]2C(=O)N1c1ccc(Br)cc1. The third-order valence-electron chi connectivity index (χ3n) is 4.76. The summed E-state index contributed by atoms with van der Waals surface area (Å²) in [5.74, 6) is -1.03. The molecule has 0 saturated carbocycles. The van der Waals surface area contributed by atoms with E-state index in [-0.39, 0.29) is 16.7 Å². The Labute approximate surface area is 169 Å². The number of carbonyl (C=O) groups excluding carboxylic acids is 2. The quantitative estimate of drug-likeness (QED) is 0.588. The molecule has 0 radical (unpaired) electrons. The summed E-state index contributed by atoms with van der Waals surface area (Å²) in [6.45, 7) is 0. The molecule has 136 valence electrons. The average molecular weight is 463 g/mol. The highest BCUT2D eigenvalue weighted by Gasteiger charge is 2.57. The average Bonchev–Trinajstić information content (AvgIpc) is 3.34. The minimum Gasteiger partial charge on any atom is -0.469 e. The van der Waals surface area contributed by atoms with Gasteiger partial charge in [0.2, 0.25) is 11.8 Å². The molecular formula is C18H11BrN2O4S2. The van der Waals surface area contributed by atoms with Crippen molar-refractivity contribution < 1.29 is 14.0 Å². The van der Waals surface area contributed by atoms with E-state index in [2.05, 4.69) is 20.9 Å². The molecule has 4 heterocycles. The monoisotopic (exact) mass is 462 g/mol. The summed E-state index contributed by atoms with van der Waals surface area (Å²) in [5, 5.41) is 0.0421. The smallest absolute Gasteiger partial charge is 0.305 e. The van der Waals surface area contributed by atoms with Crippen LogP contribution in [0.25, 0.3) is 0 Å². The Morgan fingerprint density at radius 2 is 1.85 bits per heavy atom. The number of furan rings is 1. The third-order valence-corrected chi connectivity index (χ3v) is 7.69. The Hall–Kier alpha value is -2.10. The van der Waals surface area contributed by atoms with E-state index in [0.29, 0.717) is 16.5 Å². The van der Waals surface area contributed by atoms with Gasteiger partial charge in [0, 0.05) is 4.47 Å². The van der Waals surface area contributed by atoms with Crippen LogP contribution in [0.4, 0.5) is 5.69 Å². The van der Waals surface area contributed by atoms with E-state index in [4.69, 9.17) is 4.42 Å². The summed E-state index contributed by atoms with van der Waals surface area (Å²) < 4.78 is 6.45. The number of aromatic amines is 1. The number of aromatic nitrogens is 1. The molecule has 2 amide bonds. The number of thioether (sulfide) groups is 1. The zero-order valence-corrected chi connectivity index (χ0v) is 16.8. The summed E-state index contributed by atoms with van der Waals surface area (Å²) in [4.78, 5) is 42.9. The number of hydrogen-bond acceptors (Lipinski definition) is 6. The van der Waals surface area contributed by atoms with Crippen LogP contribution in [-0.4, -0.2) is 22.0 Å². The Balaban J connectivity index is 1.64. The Bertz CT molecular complexity index is 1100. The lowest BCUT2D eigenvalue weighted by molar-refractivity contribution is -0.122. The van der Waals surface area contributed by atoms with Crippen LogP contribution in [0, 0.1) is 5.92 Å². The van der Waals surface area contributed by atoms with Gasteiger partial charge in [0.25, 0.3) is 0 Å². The number of rotatable bonds is 2. The zero-order chi connectivity index (χ0) is 18.7. The number of thiazole rings is 1. The number of benzene rings is 1. The number of H-pyrrole nitrogens is 1. The van der Waals surface area contributed by atoms with Gasteiger partial charge in [-0.1, -0.05) is 39.0 Å². The maximum atomic E-state index is 13.3. The number of halogens is 1. The molecule has 1 aromatic carbocycles. The van der Waals surface area contributed by atoms with E-state index in [9.17, 15) is 14.4 Å². The van der Waals surface area contributed by atoms with E-state index in [1.165, 1.54) is 22.9 Å². The lowest BCUT2D eigenvalue weighted by atomic mass is 9.87. The van der Waals surface area contributed by atoms with Gasteiger partial charge in [-0.2, -0.15) is 0 Å². The highest BCUT2D eigenvalue weighted by atomic mass is 79.9. The fraction of sp³-hybridized carbons (Fsp3) is 0.167. The molecule has 0 bridgehead atoms. The third kappa shape index (κ3) is 2.56. The largest absolute Gasteiger partial charge is 0.469 e. The van der Waals surface area contributed by atoms with Crippen molar-refractivity contribution in [1.29, 1.82) is 0 Å². The molecule has 2 aromatic heterocycles. The number of hydrogen-bond donors (Lipinski definition) is 1. The summed E-state index contributed by atoms with van der Waals surface area (Å²) in [7, 11) is 0. The number of nitrogens with zero attached hydrogens (tertiary/aromatic N) is 1. The molecule has 2 aliphatic rings. The Morgan fingerprint density at radius 3 is 2.56 bits per heavy atom. The van der Waals surface area contributed by atoms with E-state index in [1.54, 1.807) is 36.4 Å². The molecule has 1 saturated heterocycles. The minimum atomic E-state index is -0.615. The maximum absolute atomic E-state index is 13.3. The number of amides is 2. The first-order valence-electron chi connectivity index (χ1n) is 8.11. The molecule has 6 nitrogen and oxygen atoms in total. The van der Waals surface area contributed by atoms with Crippen LogP contribution in [-0.2, 0) is 9.59 Å². The van der Waals surface area contributed by atoms with Crippen molar-refractivity contribution in [3.8, 4) is 0 Å². The van der Waals surface area contributed by atoms with Gasteiger partial charge in [-0.15, -0.1) is 0 Å². The van der Waals surface area contributed by atoms with Crippen LogP contribution < -0.4 is 9.77 Å². The van der Waals surface area contributed by atoms with Crippen LogP contribution in [0.2, 0.25) is 0 Å². The first kappa shape index (κ1) is 17.0. The number of carbonyl (C=O) groups is 2. The first-order valence-corrected chi connectivity index (χ1v) is 10.6. The van der Waals surface area contributed by atoms with Crippen LogP contribution in [0.5, 0.6) is 0 Å². The van der Waals surface area contributed by atoms with E-state index < -0.39 is 17.1 Å². The summed E-state index contributed by atoms with van der Waals surface area (Å²) >= 11 is 5.69. The number of fused-ring (bicyclic) bond motifs is 2. The predicted octanol–water partition coefficient (Wildman–Crippen LogP) is 3.59.